The second kappa shape index (κ2) is 6.69. The highest BCUT2D eigenvalue weighted by atomic mass is 16.4. The van der Waals surface area contributed by atoms with Gasteiger partial charge in [0.1, 0.15) is 0 Å². The number of aromatic nitrogens is 2. The van der Waals surface area contributed by atoms with Gasteiger partial charge in [-0.25, -0.2) is 9.78 Å². The lowest BCUT2D eigenvalue weighted by atomic mass is 9.61. The van der Waals surface area contributed by atoms with E-state index in [1.54, 1.807) is 16.2 Å². The third-order valence-electron chi connectivity index (χ3n) is 8.04. The van der Waals surface area contributed by atoms with Crippen LogP contribution in [0, 0.1) is 11.8 Å². The van der Waals surface area contributed by atoms with Crippen LogP contribution in [0.5, 0.6) is 0 Å². The van der Waals surface area contributed by atoms with E-state index in [-0.39, 0.29) is 11.7 Å². The number of piperidine rings is 1. The van der Waals surface area contributed by atoms with Crippen LogP contribution in [0.1, 0.15) is 67.9 Å². The Morgan fingerprint density at radius 1 is 1.00 bits per heavy atom. The van der Waals surface area contributed by atoms with E-state index in [4.69, 9.17) is 0 Å². The van der Waals surface area contributed by atoms with Crippen molar-refractivity contribution in [3.05, 3.63) is 52.1 Å². The molecule has 4 aliphatic rings. The van der Waals surface area contributed by atoms with Gasteiger partial charge in [0.15, 0.2) is 0 Å². The minimum absolute atomic E-state index is 0.0246. The molecule has 2 saturated heterocycles. The Morgan fingerprint density at radius 2 is 1.70 bits per heavy atom. The van der Waals surface area contributed by atoms with Crippen molar-refractivity contribution in [2.75, 3.05) is 0 Å². The molecule has 2 aliphatic heterocycles. The largest absolute Gasteiger partial charge is 0.476 e. The van der Waals surface area contributed by atoms with E-state index in [0.29, 0.717) is 17.6 Å². The predicted octanol–water partition coefficient (Wildman–Crippen LogP) is 3.97. The minimum atomic E-state index is -1.25. The van der Waals surface area contributed by atoms with E-state index in [1.165, 1.54) is 25.7 Å². The Morgan fingerprint density at radius 3 is 2.37 bits per heavy atom. The number of fused-ring (bicyclic) bond motifs is 5. The van der Waals surface area contributed by atoms with Crippen LogP contribution in [0.2, 0.25) is 0 Å². The number of benzene rings is 1. The van der Waals surface area contributed by atoms with Gasteiger partial charge in [0.05, 0.1) is 11.0 Å². The molecule has 0 amide bonds. The Hall–Kier alpha value is -2.63. The molecule has 3 heterocycles. The quantitative estimate of drug-likeness (QED) is 0.836. The van der Waals surface area contributed by atoms with E-state index in [9.17, 15) is 14.7 Å². The maximum atomic E-state index is 13.1. The average molecular weight is 405 g/mol. The number of carboxylic acid groups (broad SMARTS) is 1. The highest BCUT2D eigenvalue weighted by molar-refractivity contribution is 5.88. The molecule has 3 unspecified atom stereocenters. The average Bonchev–Trinajstić information content (AvgIpc) is 2.98. The first-order chi connectivity index (χ1) is 14.6. The summed E-state index contributed by atoms with van der Waals surface area (Å²) in [5, 5.41) is 9.53. The maximum absolute atomic E-state index is 13.1. The van der Waals surface area contributed by atoms with Gasteiger partial charge in [-0.15, -0.1) is 0 Å². The Labute approximate surface area is 175 Å². The lowest BCUT2D eigenvalue weighted by Crippen LogP contribution is -2.44. The molecule has 30 heavy (non-hydrogen) atoms. The van der Waals surface area contributed by atoms with E-state index < -0.39 is 11.5 Å². The molecule has 0 spiro atoms. The zero-order chi connectivity index (χ0) is 20.4. The van der Waals surface area contributed by atoms with E-state index in [2.05, 4.69) is 16.1 Å². The second-order valence-corrected chi connectivity index (χ2v) is 9.58. The summed E-state index contributed by atoms with van der Waals surface area (Å²) < 4.78 is 1.74. The van der Waals surface area contributed by atoms with Crippen LogP contribution in [-0.2, 0) is 0 Å². The van der Waals surface area contributed by atoms with Crippen LogP contribution >= 0.6 is 0 Å². The molecule has 6 rings (SSSR count). The number of aromatic carboxylic acids is 1. The summed E-state index contributed by atoms with van der Waals surface area (Å²) in [5.74, 6) is 0.373. The van der Waals surface area contributed by atoms with Gasteiger partial charge in [0.25, 0.3) is 5.56 Å². The van der Waals surface area contributed by atoms with Crippen molar-refractivity contribution in [3.8, 4) is 0 Å². The van der Waals surface area contributed by atoms with Gasteiger partial charge in [-0.1, -0.05) is 18.6 Å². The monoisotopic (exact) mass is 405 g/mol. The van der Waals surface area contributed by atoms with Crippen LogP contribution in [0.15, 0.2) is 40.8 Å². The number of hydrogen-bond donors (Lipinski definition) is 1. The van der Waals surface area contributed by atoms with Crippen molar-refractivity contribution < 1.29 is 9.90 Å². The molecule has 1 N–H and O–H groups in total. The van der Waals surface area contributed by atoms with Crippen LogP contribution in [-0.4, -0.2) is 37.6 Å². The summed E-state index contributed by atoms with van der Waals surface area (Å²) >= 11 is 0. The molecular weight excluding hydrogens is 378 g/mol. The molecule has 1 aromatic carbocycles. The Bertz CT molecular complexity index is 1090. The molecule has 4 fully saturated rings. The van der Waals surface area contributed by atoms with E-state index in [1.807, 2.05) is 18.2 Å². The van der Waals surface area contributed by atoms with Gasteiger partial charge >= 0.3 is 5.97 Å². The fourth-order valence-electron chi connectivity index (χ4n) is 6.61. The third-order valence-corrected chi connectivity index (χ3v) is 8.04. The van der Waals surface area contributed by atoms with E-state index in [0.717, 1.165) is 43.0 Å². The van der Waals surface area contributed by atoms with Crippen LogP contribution < -0.4 is 5.56 Å². The summed E-state index contributed by atoms with van der Waals surface area (Å²) in [7, 11) is 0. The molecule has 2 aliphatic carbocycles. The zero-order valence-corrected chi connectivity index (χ0v) is 17.0. The van der Waals surface area contributed by atoms with E-state index >= 15 is 0 Å². The molecule has 4 bridgehead atoms. The van der Waals surface area contributed by atoms with Gasteiger partial charge in [-0.05, 0) is 80.7 Å². The standard InChI is InChI=1S/C24H27N3O3/c28-23-22(24(29)30)25-20-6-1-2-7-21(20)27(23)18-11-16-8-9-17(12-18)26(16)13-19-14-4-3-5-15(19)10-14/h1-2,6-7,13-18H,3-5,8-12H2,(H,29,30)/t14?,15?,16-,17+,18?. The molecule has 2 saturated carbocycles. The minimum Gasteiger partial charge on any atom is -0.476 e. The van der Waals surface area contributed by atoms with Gasteiger partial charge in [-0.3, -0.25) is 4.79 Å². The summed E-state index contributed by atoms with van der Waals surface area (Å²) in [4.78, 5) is 31.5. The fraction of sp³-hybridized carbons (Fsp3) is 0.542. The number of allylic oxidation sites excluding steroid dienone is 1. The zero-order valence-electron chi connectivity index (χ0n) is 17.0. The number of rotatable bonds is 3. The van der Waals surface area contributed by atoms with Gasteiger partial charge < -0.3 is 14.6 Å². The molecule has 6 heteroatoms. The summed E-state index contributed by atoms with van der Waals surface area (Å²) in [6.07, 6.45) is 12.1. The van der Waals surface area contributed by atoms with Crippen molar-refractivity contribution in [3.63, 3.8) is 0 Å². The number of carboxylic acids is 1. The first-order valence-corrected chi connectivity index (χ1v) is 11.3. The Kier molecular flexibility index (Phi) is 4.05. The second-order valence-electron chi connectivity index (χ2n) is 9.58. The van der Waals surface area contributed by atoms with Crippen molar-refractivity contribution in [1.82, 2.24) is 14.5 Å². The summed E-state index contributed by atoms with van der Waals surface area (Å²) in [6, 6.07) is 8.32. The van der Waals surface area contributed by atoms with Crippen molar-refractivity contribution in [2.45, 2.75) is 69.5 Å². The number of hydrogen-bond acceptors (Lipinski definition) is 4. The first kappa shape index (κ1) is 18.2. The molecular formula is C24H27N3O3. The number of carbonyl (C=O) groups is 1. The van der Waals surface area contributed by atoms with Crippen molar-refractivity contribution in [1.29, 1.82) is 0 Å². The number of para-hydroxylation sites is 2. The smallest absolute Gasteiger partial charge is 0.360 e. The molecule has 6 nitrogen and oxygen atoms in total. The maximum Gasteiger partial charge on any atom is 0.360 e. The molecule has 156 valence electrons. The topological polar surface area (TPSA) is 75.4 Å². The van der Waals surface area contributed by atoms with Gasteiger partial charge in [0.2, 0.25) is 5.69 Å². The summed E-state index contributed by atoms with van der Waals surface area (Å²) in [6.45, 7) is 0. The summed E-state index contributed by atoms with van der Waals surface area (Å²) in [5.41, 5.74) is 2.17. The van der Waals surface area contributed by atoms with Gasteiger partial charge in [-0.2, -0.15) is 0 Å². The first-order valence-electron chi connectivity index (χ1n) is 11.3. The third kappa shape index (κ3) is 2.65. The molecule has 0 radical (unpaired) electrons. The van der Waals surface area contributed by atoms with Crippen LogP contribution in [0.3, 0.4) is 0 Å². The SMILES string of the molecule is O=C(O)c1nc2ccccc2n(C2C[C@H]3CC[C@@H](C2)N3C=C2C3CCCC2C3)c1=O. The molecule has 1 aromatic heterocycles. The Balaban J connectivity index is 1.36. The van der Waals surface area contributed by atoms with Gasteiger partial charge in [0, 0.05) is 18.1 Å². The molecule has 2 aromatic rings. The van der Waals surface area contributed by atoms with Crippen molar-refractivity contribution in [2.24, 2.45) is 11.8 Å². The normalized spacial score (nSPS) is 32.2. The lowest BCUT2D eigenvalue weighted by Gasteiger charge is -2.47. The predicted molar refractivity (Wildman–Crippen MR) is 113 cm³/mol. The lowest BCUT2D eigenvalue weighted by molar-refractivity contribution is 0.0687. The van der Waals surface area contributed by atoms with Crippen molar-refractivity contribution >= 4 is 17.0 Å². The van der Waals surface area contributed by atoms with Crippen LogP contribution in [0.4, 0.5) is 0 Å². The fourth-order valence-corrected chi connectivity index (χ4v) is 6.61. The van der Waals surface area contributed by atoms with Crippen LogP contribution in [0.25, 0.3) is 11.0 Å². The molecule has 5 atom stereocenters. The number of nitrogens with zero attached hydrogens (tertiary/aromatic N) is 3. The highest BCUT2D eigenvalue weighted by Crippen LogP contribution is 2.51. The highest BCUT2D eigenvalue weighted by Gasteiger charge is 2.44.